The average Bonchev–Trinajstić information content (AvgIpc) is 2.28. The van der Waals surface area contributed by atoms with Crippen molar-refractivity contribution >= 4 is 11.8 Å². The lowest BCUT2D eigenvalue weighted by Crippen LogP contribution is -2.43. The van der Waals surface area contributed by atoms with E-state index in [4.69, 9.17) is 5.73 Å². The molecule has 0 bridgehead atoms. The predicted molar refractivity (Wildman–Crippen MR) is 47.9 cm³/mol. The highest BCUT2D eigenvalue weighted by Crippen LogP contribution is 1.98. The van der Waals surface area contributed by atoms with Crippen LogP contribution in [0, 0.1) is 0 Å². The van der Waals surface area contributed by atoms with Gasteiger partial charge in [0, 0.05) is 26.1 Å². The molecule has 5 heteroatoms. The summed E-state index contributed by atoms with van der Waals surface area (Å²) in [7, 11) is 0. The highest BCUT2D eigenvalue weighted by Gasteiger charge is 2.20. The molecule has 1 heterocycles. The highest BCUT2D eigenvalue weighted by atomic mass is 16.2. The molecule has 1 fully saturated rings. The number of carbonyl (C=O) groups excluding carboxylic acids is 2. The van der Waals surface area contributed by atoms with Gasteiger partial charge in [0.25, 0.3) is 0 Å². The summed E-state index contributed by atoms with van der Waals surface area (Å²) in [5, 5.41) is 2.69. The van der Waals surface area contributed by atoms with Crippen molar-refractivity contribution in [2.24, 2.45) is 5.73 Å². The Morgan fingerprint density at radius 3 is 2.92 bits per heavy atom. The Morgan fingerprint density at radius 1 is 1.62 bits per heavy atom. The molecule has 1 rings (SSSR count). The number of amides is 2. The number of hydrogen-bond donors (Lipinski definition) is 2. The van der Waals surface area contributed by atoms with Gasteiger partial charge < -0.3 is 16.0 Å². The highest BCUT2D eigenvalue weighted by molar-refractivity contribution is 5.83. The predicted octanol–water partition coefficient (Wildman–Crippen LogP) is -1.32. The smallest absolute Gasteiger partial charge is 0.239 e. The van der Waals surface area contributed by atoms with Crippen LogP contribution in [-0.4, -0.2) is 42.4 Å². The second-order valence-corrected chi connectivity index (χ2v) is 3.21. The summed E-state index contributed by atoms with van der Waals surface area (Å²) in [6.45, 7) is 3.22. The van der Waals surface area contributed by atoms with E-state index in [1.165, 1.54) is 0 Å². The van der Waals surface area contributed by atoms with Crippen LogP contribution in [0.2, 0.25) is 0 Å². The van der Waals surface area contributed by atoms with Crippen LogP contribution in [0.5, 0.6) is 0 Å². The zero-order chi connectivity index (χ0) is 9.84. The number of nitrogens with one attached hydrogen (secondary N) is 1. The van der Waals surface area contributed by atoms with Gasteiger partial charge >= 0.3 is 0 Å². The van der Waals surface area contributed by atoms with Crippen molar-refractivity contribution in [3.8, 4) is 0 Å². The van der Waals surface area contributed by atoms with Crippen molar-refractivity contribution < 1.29 is 9.59 Å². The zero-order valence-electron chi connectivity index (χ0n) is 7.75. The molecule has 1 saturated heterocycles. The minimum Gasteiger partial charge on any atom is -0.354 e. The van der Waals surface area contributed by atoms with Gasteiger partial charge in [0.05, 0.1) is 6.04 Å². The molecule has 2 amide bonds. The summed E-state index contributed by atoms with van der Waals surface area (Å²) in [4.78, 5) is 24.0. The Kier molecular flexibility index (Phi) is 3.25. The van der Waals surface area contributed by atoms with E-state index < -0.39 is 6.04 Å². The fraction of sp³-hybridized carbons (Fsp3) is 0.750. The second kappa shape index (κ2) is 4.23. The van der Waals surface area contributed by atoms with E-state index in [1.54, 1.807) is 11.8 Å². The first-order valence-corrected chi connectivity index (χ1v) is 4.42. The van der Waals surface area contributed by atoms with Crippen molar-refractivity contribution in [2.75, 3.05) is 19.6 Å². The van der Waals surface area contributed by atoms with Gasteiger partial charge in [-0.25, -0.2) is 0 Å². The molecule has 74 valence electrons. The van der Waals surface area contributed by atoms with Crippen LogP contribution in [0.25, 0.3) is 0 Å². The monoisotopic (exact) mass is 185 g/mol. The Hall–Kier alpha value is -1.10. The minimum atomic E-state index is -0.479. The Labute approximate surface area is 77.3 Å². The summed E-state index contributed by atoms with van der Waals surface area (Å²) >= 11 is 0. The molecule has 0 spiro atoms. The van der Waals surface area contributed by atoms with Crippen LogP contribution < -0.4 is 11.1 Å². The molecule has 0 radical (unpaired) electrons. The lowest BCUT2D eigenvalue weighted by Gasteiger charge is -2.21. The molecule has 1 aliphatic rings. The van der Waals surface area contributed by atoms with Gasteiger partial charge in [-0.1, -0.05) is 0 Å². The standard InChI is InChI=1S/C8H15N3O2/c1-6(9)8(13)11-4-2-7(12)10-3-5-11/h6H,2-5,9H2,1H3,(H,10,12). The molecule has 1 aliphatic heterocycles. The number of nitrogens with two attached hydrogens (primary N) is 1. The van der Waals surface area contributed by atoms with E-state index in [-0.39, 0.29) is 11.8 Å². The van der Waals surface area contributed by atoms with Gasteiger partial charge in [-0.2, -0.15) is 0 Å². The van der Waals surface area contributed by atoms with Crippen molar-refractivity contribution in [3.63, 3.8) is 0 Å². The maximum absolute atomic E-state index is 11.4. The van der Waals surface area contributed by atoms with E-state index in [1.807, 2.05) is 0 Å². The first-order valence-electron chi connectivity index (χ1n) is 4.42. The molecule has 3 N–H and O–H groups in total. The maximum Gasteiger partial charge on any atom is 0.239 e. The summed E-state index contributed by atoms with van der Waals surface area (Å²) < 4.78 is 0. The van der Waals surface area contributed by atoms with Crippen molar-refractivity contribution in [2.45, 2.75) is 19.4 Å². The van der Waals surface area contributed by atoms with E-state index in [2.05, 4.69) is 5.32 Å². The largest absolute Gasteiger partial charge is 0.354 e. The van der Waals surface area contributed by atoms with Gasteiger partial charge in [-0.3, -0.25) is 9.59 Å². The van der Waals surface area contributed by atoms with Crippen molar-refractivity contribution in [3.05, 3.63) is 0 Å². The second-order valence-electron chi connectivity index (χ2n) is 3.21. The fourth-order valence-electron chi connectivity index (χ4n) is 1.28. The Morgan fingerprint density at radius 2 is 2.31 bits per heavy atom. The lowest BCUT2D eigenvalue weighted by atomic mass is 10.3. The van der Waals surface area contributed by atoms with E-state index in [0.717, 1.165) is 0 Å². The number of rotatable bonds is 1. The van der Waals surface area contributed by atoms with Gasteiger partial charge in [-0.05, 0) is 6.92 Å². The first kappa shape index (κ1) is 9.98. The first-order chi connectivity index (χ1) is 6.11. The lowest BCUT2D eigenvalue weighted by molar-refractivity contribution is -0.132. The molecule has 0 aromatic rings. The molecule has 0 aromatic carbocycles. The third-order valence-electron chi connectivity index (χ3n) is 2.01. The molecule has 0 aromatic heterocycles. The van der Waals surface area contributed by atoms with E-state index >= 15 is 0 Å². The van der Waals surface area contributed by atoms with Gasteiger partial charge in [0.2, 0.25) is 11.8 Å². The Bertz CT molecular complexity index is 215. The average molecular weight is 185 g/mol. The quantitative estimate of drug-likeness (QED) is 0.532. The minimum absolute atomic E-state index is 0.0000236. The summed E-state index contributed by atoms with van der Waals surface area (Å²) in [6, 6.07) is -0.479. The van der Waals surface area contributed by atoms with Crippen molar-refractivity contribution in [1.82, 2.24) is 10.2 Å². The maximum atomic E-state index is 11.4. The molecule has 1 atom stereocenters. The van der Waals surface area contributed by atoms with Crippen LogP contribution in [-0.2, 0) is 9.59 Å². The van der Waals surface area contributed by atoms with Crippen molar-refractivity contribution in [1.29, 1.82) is 0 Å². The van der Waals surface area contributed by atoms with Gasteiger partial charge in [0.15, 0.2) is 0 Å². The molecular weight excluding hydrogens is 170 g/mol. The molecule has 0 saturated carbocycles. The molecular formula is C8H15N3O2. The third kappa shape index (κ3) is 2.69. The molecule has 0 aliphatic carbocycles. The number of carbonyl (C=O) groups is 2. The Balaban J connectivity index is 2.51. The zero-order valence-corrected chi connectivity index (χ0v) is 7.75. The summed E-state index contributed by atoms with van der Waals surface area (Å²) in [5.41, 5.74) is 5.46. The van der Waals surface area contributed by atoms with Crippen LogP contribution >= 0.6 is 0 Å². The third-order valence-corrected chi connectivity index (χ3v) is 2.01. The normalized spacial score (nSPS) is 20.5. The molecule has 5 nitrogen and oxygen atoms in total. The topological polar surface area (TPSA) is 75.4 Å². The number of hydrogen-bond acceptors (Lipinski definition) is 3. The summed E-state index contributed by atoms with van der Waals surface area (Å²) in [5.74, 6) is -0.0866. The van der Waals surface area contributed by atoms with Crippen LogP contribution in [0.4, 0.5) is 0 Å². The van der Waals surface area contributed by atoms with E-state index in [0.29, 0.717) is 26.1 Å². The van der Waals surface area contributed by atoms with Gasteiger partial charge in [-0.15, -0.1) is 0 Å². The molecule has 13 heavy (non-hydrogen) atoms. The van der Waals surface area contributed by atoms with Gasteiger partial charge in [0.1, 0.15) is 0 Å². The number of nitrogens with zero attached hydrogens (tertiary/aromatic N) is 1. The fourth-order valence-corrected chi connectivity index (χ4v) is 1.28. The van der Waals surface area contributed by atoms with Crippen LogP contribution in [0.15, 0.2) is 0 Å². The SMILES string of the molecule is CC(N)C(=O)N1CCNC(=O)CC1. The van der Waals surface area contributed by atoms with E-state index in [9.17, 15) is 9.59 Å². The van der Waals surface area contributed by atoms with Crippen LogP contribution in [0.1, 0.15) is 13.3 Å². The summed E-state index contributed by atoms with van der Waals surface area (Å²) in [6.07, 6.45) is 0.373. The van der Waals surface area contributed by atoms with Crippen LogP contribution in [0.3, 0.4) is 0 Å². The molecule has 1 unspecified atom stereocenters.